The quantitative estimate of drug-likeness (QED) is 0.580. The molecule has 0 amide bonds. The van der Waals surface area contributed by atoms with Gasteiger partial charge in [-0.05, 0) is 19.3 Å². The van der Waals surface area contributed by atoms with Crippen molar-refractivity contribution in [2.75, 3.05) is 6.61 Å². The van der Waals surface area contributed by atoms with E-state index in [9.17, 15) is 0 Å². The highest BCUT2D eigenvalue weighted by Gasteiger charge is 1.73. The van der Waals surface area contributed by atoms with Crippen LogP contribution in [0.15, 0.2) is 37.0 Å². The number of hydrogen-bond acceptors (Lipinski definition) is 1. The molecule has 0 aliphatic rings. The second kappa shape index (κ2) is 9.18. The van der Waals surface area contributed by atoms with Gasteiger partial charge in [0.1, 0.15) is 0 Å². The van der Waals surface area contributed by atoms with Crippen molar-refractivity contribution < 1.29 is 5.11 Å². The maximum Gasteiger partial charge on any atom is 0.0465 e. The van der Waals surface area contributed by atoms with Crippen LogP contribution >= 0.6 is 0 Å². The van der Waals surface area contributed by atoms with Crippen LogP contribution in [0.1, 0.15) is 19.3 Å². The molecule has 0 spiro atoms. The average molecular weight is 152 g/mol. The summed E-state index contributed by atoms with van der Waals surface area (Å²) in [7, 11) is 0. The van der Waals surface area contributed by atoms with Gasteiger partial charge in [0.15, 0.2) is 0 Å². The molecule has 0 saturated heterocycles. The van der Waals surface area contributed by atoms with E-state index in [4.69, 9.17) is 5.11 Å². The van der Waals surface area contributed by atoms with Crippen LogP contribution in [0, 0.1) is 0 Å². The molecule has 0 aliphatic carbocycles. The van der Waals surface area contributed by atoms with Crippen LogP contribution in [0.5, 0.6) is 0 Å². The van der Waals surface area contributed by atoms with Crippen molar-refractivity contribution in [3.05, 3.63) is 37.0 Å². The third kappa shape index (κ3) is 9.18. The zero-order chi connectivity index (χ0) is 8.36. The minimum absolute atomic E-state index is 0.243. The Labute approximate surface area is 68.7 Å². The van der Waals surface area contributed by atoms with E-state index in [1.165, 1.54) is 0 Å². The lowest BCUT2D eigenvalue weighted by molar-refractivity contribution is 0.302. The van der Waals surface area contributed by atoms with Gasteiger partial charge in [-0.25, -0.2) is 0 Å². The molecule has 1 N–H and O–H groups in total. The van der Waals surface area contributed by atoms with E-state index in [1.807, 2.05) is 12.2 Å². The molecule has 0 bridgehead atoms. The summed E-state index contributed by atoms with van der Waals surface area (Å²) in [4.78, 5) is 0. The van der Waals surface area contributed by atoms with Crippen LogP contribution in [0.2, 0.25) is 0 Å². The van der Waals surface area contributed by atoms with Gasteiger partial charge in [0.25, 0.3) is 0 Å². The molecule has 62 valence electrons. The van der Waals surface area contributed by atoms with Gasteiger partial charge in [0, 0.05) is 6.61 Å². The molecule has 0 aromatic heterocycles. The Bertz CT molecular complexity index is 134. The second-order valence-electron chi connectivity index (χ2n) is 2.22. The molecular weight excluding hydrogens is 136 g/mol. The normalized spacial score (nSPS) is 11.4. The van der Waals surface area contributed by atoms with Gasteiger partial charge < -0.3 is 5.11 Å². The monoisotopic (exact) mass is 152 g/mol. The predicted octanol–water partition coefficient (Wildman–Crippen LogP) is 2.45. The highest BCUT2D eigenvalue weighted by Crippen LogP contribution is 1.90. The van der Waals surface area contributed by atoms with Crippen molar-refractivity contribution in [1.29, 1.82) is 0 Å². The fourth-order valence-corrected chi connectivity index (χ4v) is 0.656. The Hall–Kier alpha value is -0.820. The lowest BCUT2D eigenvalue weighted by atomic mass is 10.3. The molecule has 0 heterocycles. The molecule has 0 aromatic carbocycles. The summed E-state index contributed by atoms with van der Waals surface area (Å²) in [6.45, 7) is 3.85. The molecule has 0 radical (unpaired) electrons. The Balaban J connectivity index is 3.17. The molecule has 1 nitrogen and oxygen atoms in total. The van der Waals surface area contributed by atoms with E-state index >= 15 is 0 Å². The van der Waals surface area contributed by atoms with Crippen molar-refractivity contribution in [2.24, 2.45) is 0 Å². The molecule has 0 unspecified atom stereocenters. The van der Waals surface area contributed by atoms with Crippen LogP contribution in [-0.4, -0.2) is 11.7 Å². The molecule has 0 atom stereocenters. The van der Waals surface area contributed by atoms with Crippen LogP contribution in [-0.2, 0) is 0 Å². The van der Waals surface area contributed by atoms with Crippen LogP contribution in [0.25, 0.3) is 0 Å². The molecular formula is C10H16O. The summed E-state index contributed by atoms with van der Waals surface area (Å²) in [6, 6.07) is 0. The second-order valence-corrected chi connectivity index (χ2v) is 2.22. The first-order valence-corrected chi connectivity index (χ1v) is 3.93. The first kappa shape index (κ1) is 10.2. The number of aliphatic hydroxyl groups excluding tert-OH is 1. The molecule has 0 fully saturated rings. The molecule has 0 aromatic rings. The summed E-state index contributed by atoms with van der Waals surface area (Å²) in [5.41, 5.74) is 0. The topological polar surface area (TPSA) is 20.2 Å². The number of rotatable bonds is 6. The fourth-order valence-electron chi connectivity index (χ4n) is 0.656. The van der Waals surface area contributed by atoms with Crippen molar-refractivity contribution in [2.45, 2.75) is 19.3 Å². The third-order valence-electron chi connectivity index (χ3n) is 1.20. The zero-order valence-electron chi connectivity index (χ0n) is 6.87. The third-order valence-corrected chi connectivity index (χ3v) is 1.20. The first-order chi connectivity index (χ1) is 5.41. The SMILES string of the molecule is C=CC/C=C\C/C=C\CCO. The minimum atomic E-state index is 0.243. The molecule has 11 heavy (non-hydrogen) atoms. The summed E-state index contributed by atoms with van der Waals surface area (Å²) in [5, 5.41) is 8.42. The lowest BCUT2D eigenvalue weighted by Gasteiger charge is -1.83. The molecule has 1 heteroatoms. The van der Waals surface area contributed by atoms with Gasteiger partial charge in [-0.15, -0.1) is 6.58 Å². The van der Waals surface area contributed by atoms with Gasteiger partial charge in [-0.2, -0.15) is 0 Å². The van der Waals surface area contributed by atoms with E-state index < -0.39 is 0 Å². The summed E-state index contributed by atoms with van der Waals surface area (Å²) in [6.07, 6.45) is 12.7. The van der Waals surface area contributed by atoms with Crippen LogP contribution < -0.4 is 0 Å². The Kier molecular flexibility index (Phi) is 8.50. The maximum atomic E-state index is 8.42. The van der Waals surface area contributed by atoms with Gasteiger partial charge in [0.05, 0.1) is 0 Å². The summed E-state index contributed by atoms with van der Waals surface area (Å²) >= 11 is 0. The van der Waals surface area contributed by atoms with E-state index in [-0.39, 0.29) is 6.61 Å². The van der Waals surface area contributed by atoms with Gasteiger partial charge in [-0.1, -0.05) is 30.4 Å². The number of allylic oxidation sites excluding steroid dienone is 4. The number of hydrogen-bond donors (Lipinski definition) is 1. The van der Waals surface area contributed by atoms with Gasteiger partial charge in [0.2, 0.25) is 0 Å². The van der Waals surface area contributed by atoms with Crippen molar-refractivity contribution in [3.63, 3.8) is 0 Å². The Morgan fingerprint density at radius 2 is 1.64 bits per heavy atom. The minimum Gasteiger partial charge on any atom is -0.396 e. The van der Waals surface area contributed by atoms with Crippen LogP contribution in [0.3, 0.4) is 0 Å². The molecule has 0 saturated carbocycles. The van der Waals surface area contributed by atoms with E-state index in [1.54, 1.807) is 0 Å². The molecule has 0 rings (SSSR count). The largest absolute Gasteiger partial charge is 0.396 e. The van der Waals surface area contributed by atoms with E-state index in [2.05, 4.69) is 24.8 Å². The Morgan fingerprint density at radius 3 is 2.27 bits per heavy atom. The van der Waals surface area contributed by atoms with Gasteiger partial charge >= 0.3 is 0 Å². The smallest absolute Gasteiger partial charge is 0.0465 e. The van der Waals surface area contributed by atoms with Gasteiger partial charge in [-0.3, -0.25) is 0 Å². The summed E-state index contributed by atoms with van der Waals surface area (Å²) < 4.78 is 0. The first-order valence-electron chi connectivity index (χ1n) is 3.93. The fraction of sp³-hybridized carbons (Fsp3) is 0.400. The highest BCUT2D eigenvalue weighted by molar-refractivity contribution is 4.95. The number of aliphatic hydroxyl groups is 1. The van der Waals surface area contributed by atoms with Crippen molar-refractivity contribution in [3.8, 4) is 0 Å². The van der Waals surface area contributed by atoms with Crippen molar-refractivity contribution >= 4 is 0 Å². The maximum absolute atomic E-state index is 8.42. The highest BCUT2D eigenvalue weighted by atomic mass is 16.2. The van der Waals surface area contributed by atoms with Crippen LogP contribution in [0.4, 0.5) is 0 Å². The molecule has 0 aliphatic heterocycles. The average Bonchev–Trinajstić information content (AvgIpc) is 2.03. The van der Waals surface area contributed by atoms with Crippen molar-refractivity contribution in [1.82, 2.24) is 0 Å². The zero-order valence-corrected chi connectivity index (χ0v) is 6.87. The predicted molar refractivity (Wildman–Crippen MR) is 49.4 cm³/mol. The Morgan fingerprint density at radius 1 is 1.00 bits per heavy atom. The van der Waals surface area contributed by atoms with E-state index in [0.717, 1.165) is 19.3 Å². The summed E-state index contributed by atoms with van der Waals surface area (Å²) in [5.74, 6) is 0. The van der Waals surface area contributed by atoms with E-state index in [0.29, 0.717) is 0 Å². The lowest BCUT2D eigenvalue weighted by Crippen LogP contribution is -1.74. The standard InChI is InChI=1S/C10H16O/c1-2-3-4-5-6-7-8-9-10-11/h2,4-5,7-8,11H,1,3,6,9-10H2/b5-4-,8-7-.